The number of aryl methyl sites for hydroxylation is 1. The van der Waals surface area contributed by atoms with Crippen molar-refractivity contribution in [2.75, 3.05) is 5.73 Å². The number of anilines is 1. The number of imide groups is 1. The van der Waals surface area contributed by atoms with Crippen LogP contribution in [0.25, 0.3) is 0 Å². The highest BCUT2D eigenvalue weighted by molar-refractivity contribution is 6.21. The average molecular weight is 266 g/mol. The van der Waals surface area contributed by atoms with Gasteiger partial charge >= 0.3 is 0 Å². The molecule has 0 unspecified atom stereocenters. The Bertz CT molecular complexity index is 722. The third-order valence-electron chi connectivity index (χ3n) is 3.58. The quantitative estimate of drug-likeness (QED) is 0.670. The van der Waals surface area contributed by atoms with E-state index in [0.29, 0.717) is 23.4 Å². The maximum atomic E-state index is 12.3. The number of hydrogen-bond acceptors (Lipinski definition) is 3. The first-order valence-corrected chi connectivity index (χ1v) is 6.38. The van der Waals surface area contributed by atoms with E-state index in [4.69, 9.17) is 5.73 Å². The molecule has 0 atom stereocenters. The molecule has 4 heteroatoms. The van der Waals surface area contributed by atoms with Gasteiger partial charge in [-0.25, -0.2) is 0 Å². The van der Waals surface area contributed by atoms with Crippen molar-refractivity contribution >= 4 is 17.5 Å². The fraction of sp³-hybridized carbons (Fsp3) is 0.125. The molecule has 0 aliphatic carbocycles. The van der Waals surface area contributed by atoms with Gasteiger partial charge in [0.05, 0.1) is 17.7 Å². The SMILES string of the molecule is Cc1ccccc1CN1C(=O)c2ccc(N)cc2C1=O. The van der Waals surface area contributed by atoms with Crippen LogP contribution in [-0.2, 0) is 6.54 Å². The first-order chi connectivity index (χ1) is 9.58. The molecule has 2 amide bonds. The highest BCUT2D eigenvalue weighted by atomic mass is 16.2. The van der Waals surface area contributed by atoms with Crippen LogP contribution in [-0.4, -0.2) is 16.7 Å². The molecule has 0 saturated carbocycles. The molecule has 2 aromatic rings. The lowest BCUT2D eigenvalue weighted by atomic mass is 10.1. The highest BCUT2D eigenvalue weighted by Crippen LogP contribution is 2.26. The molecule has 0 spiro atoms. The molecule has 0 fully saturated rings. The summed E-state index contributed by atoms with van der Waals surface area (Å²) >= 11 is 0. The molecule has 100 valence electrons. The molecule has 1 heterocycles. The van der Waals surface area contributed by atoms with Gasteiger partial charge in [0.1, 0.15) is 0 Å². The first kappa shape index (κ1) is 12.4. The van der Waals surface area contributed by atoms with Crippen molar-refractivity contribution in [2.24, 2.45) is 0 Å². The predicted octanol–water partition coefficient (Wildman–Crippen LogP) is 2.37. The summed E-state index contributed by atoms with van der Waals surface area (Å²) in [7, 11) is 0. The molecule has 0 aromatic heterocycles. The van der Waals surface area contributed by atoms with Gasteiger partial charge in [0.25, 0.3) is 11.8 Å². The second-order valence-corrected chi connectivity index (χ2v) is 4.93. The Morgan fingerprint density at radius 2 is 1.70 bits per heavy atom. The van der Waals surface area contributed by atoms with Crippen LogP contribution >= 0.6 is 0 Å². The minimum atomic E-state index is -0.277. The molecule has 0 bridgehead atoms. The second kappa shape index (κ2) is 4.49. The van der Waals surface area contributed by atoms with Crippen molar-refractivity contribution in [2.45, 2.75) is 13.5 Å². The van der Waals surface area contributed by atoms with Crippen LogP contribution in [0.4, 0.5) is 5.69 Å². The minimum Gasteiger partial charge on any atom is -0.399 e. The van der Waals surface area contributed by atoms with E-state index < -0.39 is 0 Å². The van der Waals surface area contributed by atoms with E-state index in [1.54, 1.807) is 18.2 Å². The Hall–Kier alpha value is -2.62. The Balaban J connectivity index is 1.96. The molecule has 2 aromatic carbocycles. The first-order valence-electron chi connectivity index (χ1n) is 6.38. The highest BCUT2D eigenvalue weighted by Gasteiger charge is 2.35. The topological polar surface area (TPSA) is 63.4 Å². The van der Waals surface area contributed by atoms with E-state index in [1.165, 1.54) is 4.90 Å². The molecular formula is C16H14N2O2. The summed E-state index contributed by atoms with van der Waals surface area (Å²) in [6.07, 6.45) is 0. The van der Waals surface area contributed by atoms with Crippen molar-refractivity contribution in [3.05, 3.63) is 64.7 Å². The minimum absolute atomic E-state index is 0.256. The Kier molecular flexibility index (Phi) is 2.79. The standard InChI is InChI=1S/C16H14N2O2/c1-10-4-2-3-5-11(10)9-18-15(19)13-7-6-12(17)8-14(13)16(18)20/h2-8H,9,17H2,1H3. The molecule has 0 radical (unpaired) electrons. The fourth-order valence-corrected chi connectivity index (χ4v) is 2.41. The Morgan fingerprint density at radius 1 is 1.00 bits per heavy atom. The number of fused-ring (bicyclic) bond motifs is 1. The second-order valence-electron chi connectivity index (χ2n) is 4.93. The van der Waals surface area contributed by atoms with Crippen LogP contribution in [0.2, 0.25) is 0 Å². The molecule has 4 nitrogen and oxygen atoms in total. The van der Waals surface area contributed by atoms with Crippen LogP contribution in [0, 0.1) is 6.92 Å². The zero-order chi connectivity index (χ0) is 14.3. The summed E-state index contributed by atoms with van der Waals surface area (Å²) in [5.74, 6) is -0.534. The molecule has 1 aliphatic heterocycles. The van der Waals surface area contributed by atoms with Gasteiger partial charge in [-0.1, -0.05) is 24.3 Å². The van der Waals surface area contributed by atoms with Gasteiger partial charge in [-0.3, -0.25) is 14.5 Å². The van der Waals surface area contributed by atoms with Gasteiger partial charge in [-0.2, -0.15) is 0 Å². The molecule has 2 N–H and O–H groups in total. The number of nitrogen functional groups attached to an aromatic ring is 1. The number of nitrogens with zero attached hydrogens (tertiary/aromatic N) is 1. The zero-order valence-electron chi connectivity index (χ0n) is 11.1. The third kappa shape index (κ3) is 1.86. The Morgan fingerprint density at radius 3 is 2.45 bits per heavy atom. The third-order valence-corrected chi connectivity index (χ3v) is 3.58. The van der Waals surface area contributed by atoms with Crippen molar-refractivity contribution in [1.29, 1.82) is 0 Å². The number of carbonyl (C=O) groups is 2. The van der Waals surface area contributed by atoms with Crippen LogP contribution < -0.4 is 5.73 Å². The number of hydrogen-bond donors (Lipinski definition) is 1. The number of rotatable bonds is 2. The monoisotopic (exact) mass is 266 g/mol. The molecule has 0 saturated heterocycles. The summed E-state index contributed by atoms with van der Waals surface area (Å²) in [5, 5.41) is 0. The number of carbonyl (C=O) groups excluding carboxylic acids is 2. The molecule has 3 rings (SSSR count). The van der Waals surface area contributed by atoms with E-state index in [0.717, 1.165) is 11.1 Å². The van der Waals surface area contributed by atoms with Crippen LogP contribution in [0.1, 0.15) is 31.8 Å². The van der Waals surface area contributed by atoms with Gasteiger partial charge in [0.15, 0.2) is 0 Å². The number of amides is 2. The summed E-state index contributed by atoms with van der Waals surface area (Å²) in [6.45, 7) is 2.25. The van der Waals surface area contributed by atoms with Gasteiger partial charge in [0, 0.05) is 5.69 Å². The summed E-state index contributed by atoms with van der Waals surface area (Å²) in [5.41, 5.74) is 9.01. The van der Waals surface area contributed by atoms with E-state index in [1.807, 2.05) is 31.2 Å². The van der Waals surface area contributed by atoms with E-state index in [9.17, 15) is 9.59 Å². The van der Waals surface area contributed by atoms with Crippen molar-refractivity contribution in [1.82, 2.24) is 4.90 Å². The number of benzene rings is 2. The molecule has 1 aliphatic rings. The largest absolute Gasteiger partial charge is 0.399 e. The van der Waals surface area contributed by atoms with Crippen molar-refractivity contribution in [3.8, 4) is 0 Å². The fourth-order valence-electron chi connectivity index (χ4n) is 2.41. The van der Waals surface area contributed by atoms with Crippen molar-refractivity contribution < 1.29 is 9.59 Å². The lowest BCUT2D eigenvalue weighted by Crippen LogP contribution is -2.29. The van der Waals surface area contributed by atoms with Gasteiger partial charge in [-0.05, 0) is 36.2 Å². The van der Waals surface area contributed by atoms with Crippen LogP contribution in [0.15, 0.2) is 42.5 Å². The number of nitrogens with two attached hydrogens (primary N) is 1. The zero-order valence-corrected chi connectivity index (χ0v) is 11.1. The lowest BCUT2D eigenvalue weighted by molar-refractivity contribution is 0.0642. The van der Waals surface area contributed by atoms with Gasteiger partial charge < -0.3 is 5.73 Å². The van der Waals surface area contributed by atoms with E-state index >= 15 is 0 Å². The van der Waals surface area contributed by atoms with Crippen LogP contribution in [0.5, 0.6) is 0 Å². The maximum absolute atomic E-state index is 12.3. The Labute approximate surface area is 116 Å². The van der Waals surface area contributed by atoms with Crippen molar-refractivity contribution in [3.63, 3.8) is 0 Å². The van der Waals surface area contributed by atoms with E-state index in [2.05, 4.69) is 0 Å². The lowest BCUT2D eigenvalue weighted by Gasteiger charge is -2.15. The van der Waals surface area contributed by atoms with Crippen LogP contribution in [0.3, 0.4) is 0 Å². The summed E-state index contributed by atoms with van der Waals surface area (Å²) in [6, 6.07) is 12.5. The molecule has 20 heavy (non-hydrogen) atoms. The van der Waals surface area contributed by atoms with E-state index in [-0.39, 0.29) is 11.8 Å². The van der Waals surface area contributed by atoms with Gasteiger partial charge in [-0.15, -0.1) is 0 Å². The average Bonchev–Trinajstić information content (AvgIpc) is 2.66. The normalized spacial score (nSPS) is 13.8. The summed E-state index contributed by atoms with van der Waals surface area (Å²) < 4.78 is 0. The predicted molar refractivity (Wildman–Crippen MR) is 76.2 cm³/mol. The van der Waals surface area contributed by atoms with Gasteiger partial charge in [0.2, 0.25) is 0 Å². The maximum Gasteiger partial charge on any atom is 0.261 e. The molecular weight excluding hydrogens is 252 g/mol. The summed E-state index contributed by atoms with van der Waals surface area (Å²) in [4.78, 5) is 25.9. The smallest absolute Gasteiger partial charge is 0.261 e.